The van der Waals surface area contributed by atoms with E-state index in [-0.39, 0.29) is 5.78 Å². The van der Waals surface area contributed by atoms with Gasteiger partial charge in [0.05, 0.1) is 23.3 Å². The van der Waals surface area contributed by atoms with E-state index < -0.39 is 0 Å². The fourth-order valence-corrected chi connectivity index (χ4v) is 3.16. The van der Waals surface area contributed by atoms with Gasteiger partial charge in [-0.25, -0.2) is 0 Å². The molecule has 0 atom stereocenters. The highest BCUT2D eigenvalue weighted by Crippen LogP contribution is 2.26. The summed E-state index contributed by atoms with van der Waals surface area (Å²) in [6, 6.07) is 27.3. The number of carbonyl (C=O) groups excluding carboxylic acids is 1. The van der Waals surface area contributed by atoms with Gasteiger partial charge >= 0.3 is 0 Å². The van der Waals surface area contributed by atoms with Gasteiger partial charge in [0, 0.05) is 18.8 Å². The van der Waals surface area contributed by atoms with Crippen LogP contribution in [0.25, 0.3) is 6.08 Å². The van der Waals surface area contributed by atoms with E-state index in [4.69, 9.17) is 10.5 Å². The second kappa shape index (κ2) is 9.87. The summed E-state index contributed by atoms with van der Waals surface area (Å²) in [4.78, 5) is 13.7. The van der Waals surface area contributed by atoms with Crippen LogP contribution in [0, 0.1) is 22.7 Å². The summed E-state index contributed by atoms with van der Waals surface area (Å²) in [5.41, 5.74) is 5.36. The Morgan fingerprint density at radius 1 is 0.833 bits per heavy atom. The van der Waals surface area contributed by atoms with Gasteiger partial charge < -0.3 is 4.90 Å². The minimum absolute atomic E-state index is 0.00413. The van der Waals surface area contributed by atoms with E-state index in [1.807, 2.05) is 78.9 Å². The first kappa shape index (κ1) is 20.6. The number of nitrogens with zero attached hydrogens (tertiary/aromatic N) is 3. The summed E-state index contributed by atoms with van der Waals surface area (Å²) in [6.07, 6.45) is 3.41. The number of nitriles is 2. The third-order valence-electron chi connectivity index (χ3n) is 4.69. The van der Waals surface area contributed by atoms with Gasteiger partial charge in [0.2, 0.25) is 0 Å². The zero-order chi connectivity index (χ0) is 21.3. The van der Waals surface area contributed by atoms with E-state index in [1.165, 1.54) is 6.92 Å². The highest BCUT2D eigenvalue weighted by Gasteiger charge is 2.12. The number of para-hydroxylation sites is 1. The van der Waals surface area contributed by atoms with Gasteiger partial charge in [-0.15, -0.1) is 0 Å². The molecule has 0 amide bonds. The monoisotopic (exact) mass is 391 g/mol. The lowest BCUT2D eigenvalue weighted by atomic mass is 10.1. The predicted molar refractivity (Wildman–Crippen MR) is 118 cm³/mol. The van der Waals surface area contributed by atoms with Crippen LogP contribution < -0.4 is 4.90 Å². The minimum Gasteiger partial charge on any atom is -0.362 e. The zero-order valence-corrected chi connectivity index (χ0v) is 16.7. The maximum atomic E-state index is 11.4. The van der Waals surface area contributed by atoms with E-state index in [9.17, 15) is 4.79 Å². The van der Waals surface area contributed by atoms with Crippen molar-refractivity contribution in [3.8, 4) is 12.1 Å². The Labute approximate surface area is 176 Å². The first-order valence-electron chi connectivity index (χ1n) is 9.60. The molecule has 0 aliphatic heterocycles. The summed E-state index contributed by atoms with van der Waals surface area (Å²) >= 11 is 0. The Morgan fingerprint density at radius 2 is 1.33 bits per heavy atom. The van der Waals surface area contributed by atoms with Gasteiger partial charge in [0.15, 0.2) is 5.78 Å². The second-order valence-electron chi connectivity index (χ2n) is 6.98. The maximum Gasteiger partial charge on any atom is 0.152 e. The molecule has 0 unspecified atom stereocenters. The molecule has 3 rings (SSSR count). The fourth-order valence-electron chi connectivity index (χ4n) is 3.16. The first-order chi connectivity index (χ1) is 14.6. The lowest BCUT2D eigenvalue weighted by molar-refractivity contribution is -0.112. The van der Waals surface area contributed by atoms with Crippen molar-refractivity contribution in [3.05, 3.63) is 107 Å². The molecule has 4 heteroatoms. The summed E-state index contributed by atoms with van der Waals surface area (Å²) in [5.74, 6) is -0.00413. The molecule has 0 spiro atoms. The molecule has 3 aromatic rings. The number of benzene rings is 3. The molecule has 0 aliphatic rings. The fraction of sp³-hybridized carbons (Fsp3) is 0.115. The average Bonchev–Trinajstić information content (AvgIpc) is 2.78. The molecule has 0 aliphatic carbocycles. The van der Waals surface area contributed by atoms with Crippen LogP contribution in [0.3, 0.4) is 0 Å². The van der Waals surface area contributed by atoms with Crippen molar-refractivity contribution in [3.63, 3.8) is 0 Å². The molecule has 0 N–H and O–H groups in total. The number of carbonyl (C=O) groups is 1. The SMILES string of the molecule is CC(=O)/C=C/c1ccccc1N(Cc1ccc(C#N)cc1)Cc1ccc(C#N)cc1. The summed E-state index contributed by atoms with van der Waals surface area (Å²) in [7, 11) is 0. The van der Waals surface area contributed by atoms with Crippen molar-refractivity contribution in [1.29, 1.82) is 10.5 Å². The standard InChI is InChI=1S/C26H21N3O/c1-20(30)6-15-25-4-2-3-5-26(25)29(18-23-11-7-21(16-27)8-12-23)19-24-13-9-22(17-28)10-14-24/h2-15H,18-19H2,1H3/b15-6+. The van der Waals surface area contributed by atoms with E-state index in [0.29, 0.717) is 24.2 Å². The summed E-state index contributed by atoms with van der Waals surface area (Å²) in [6.45, 7) is 2.80. The Balaban J connectivity index is 1.97. The molecule has 0 heterocycles. The molecule has 30 heavy (non-hydrogen) atoms. The Kier molecular flexibility index (Phi) is 6.77. The molecule has 0 radical (unpaired) electrons. The van der Waals surface area contributed by atoms with Crippen molar-refractivity contribution in [2.24, 2.45) is 0 Å². The van der Waals surface area contributed by atoms with E-state index in [1.54, 1.807) is 6.08 Å². The van der Waals surface area contributed by atoms with Crippen LogP contribution in [0.4, 0.5) is 5.69 Å². The zero-order valence-electron chi connectivity index (χ0n) is 16.7. The smallest absolute Gasteiger partial charge is 0.152 e. The van der Waals surface area contributed by atoms with E-state index in [2.05, 4.69) is 17.0 Å². The van der Waals surface area contributed by atoms with Crippen LogP contribution in [0.15, 0.2) is 78.9 Å². The summed E-state index contributed by atoms with van der Waals surface area (Å²) < 4.78 is 0. The quantitative estimate of drug-likeness (QED) is 0.517. The first-order valence-corrected chi connectivity index (χ1v) is 9.60. The molecule has 0 fully saturated rings. The number of ketones is 1. The average molecular weight is 391 g/mol. The molecular weight excluding hydrogens is 370 g/mol. The van der Waals surface area contributed by atoms with Gasteiger partial charge in [-0.3, -0.25) is 4.79 Å². The normalized spacial score (nSPS) is 10.4. The van der Waals surface area contributed by atoms with Crippen molar-refractivity contribution < 1.29 is 4.79 Å². The van der Waals surface area contributed by atoms with Gasteiger partial charge in [0.25, 0.3) is 0 Å². The van der Waals surface area contributed by atoms with Crippen LogP contribution in [0.5, 0.6) is 0 Å². The third kappa shape index (κ3) is 5.44. The predicted octanol–water partition coefficient (Wildman–Crippen LogP) is 5.24. The number of hydrogen-bond acceptors (Lipinski definition) is 4. The Hall–Kier alpha value is -4.15. The van der Waals surface area contributed by atoms with Crippen molar-refractivity contribution in [2.75, 3.05) is 4.90 Å². The number of rotatable bonds is 7. The molecule has 3 aromatic carbocycles. The van der Waals surface area contributed by atoms with Crippen molar-refractivity contribution >= 4 is 17.5 Å². The van der Waals surface area contributed by atoms with Crippen molar-refractivity contribution in [2.45, 2.75) is 20.0 Å². The van der Waals surface area contributed by atoms with Crippen LogP contribution in [-0.2, 0) is 17.9 Å². The van der Waals surface area contributed by atoms with Crippen LogP contribution in [0.2, 0.25) is 0 Å². The van der Waals surface area contributed by atoms with Gasteiger partial charge in [0.1, 0.15) is 0 Å². The summed E-state index contributed by atoms with van der Waals surface area (Å²) in [5, 5.41) is 18.1. The highest BCUT2D eigenvalue weighted by atomic mass is 16.1. The molecule has 0 saturated carbocycles. The van der Waals surface area contributed by atoms with Gasteiger partial charge in [-0.1, -0.05) is 42.5 Å². The van der Waals surface area contributed by atoms with Crippen LogP contribution in [0.1, 0.15) is 34.7 Å². The van der Waals surface area contributed by atoms with E-state index in [0.717, 1.165) is 22.4 Å². The second-order valence-corrected chi connectivity index (χ2v) is 6.98. The van der Waals surface area contributed by atoms with Gasteiger partial charge in [-0.2, -0.15) is 10.5 Å². The van der Waals surface area contributed by atoms with E-state index >= 15 is 0 Å². The molecule has 4 nitrogen and oxygen atoms in total. The molecular formula is C26H21N3O. The number of anilines is 1. The maximum absolute atomic E-state index is 11.4. The lowest BCUT2D eigenvalue weighted by Crippen LogP contribution is -2.23. The third-order valence-corrected chi connectivity index (χ3v) is 4.69. The highest BCUT2D eigenvalue weighted by molar-refractivity contribution is 5.92. The van der Waals surface area contributed by atoms with Crippen LogP contribution in [-0.4, -0.2) is 5.78 Å². The lowest BCUT2D eigenvalue weighted by Gasteiger charge is -2.27. The van der Waals surface area contributed by atoms with Crippen LogP contribution >= 0.6 is 0 Å². The Bertz CT molecular complexity index is 1070. The largest absolute Gasteiger partial charge is 0.362 e. The van der Waals surface area contributed by atoms with Gasteiger partial charge in [-0.05, 0) is 66.1 Å². The topological polar surface area (TPSA) is 67.9 Å². The number of hydrogen-bond donors (Lipinski definition) is 0. The molecule has 146 valence electrons. The molecule has 0 aromatic heterocycles. The minimum atomic E-state index is -0.00413. The van der Waals surface area contributed by atoms with Crippen molar-refractivity contribution in [1.82, 2.24) is 0 Å². The molecule has 0 saturated heterocycles. The Morgan fingerprint density at radius 3 is 1.80 bits per heavy atom. The molecule has 0 bridgehead atoms. The number of allylic oxidation sites excluding steroid dienone is 1.